The molecule has 0 aliphatic heterocycles. The Hall–Kier alpha value is -3.65. The van der Waals surface area contributed by atoms with Gasteiger partial charge in [-0.05, 0) is 24.3 Å². The van der Waals surface area contributed by atoms with Crippen LogP contribution < -0.4 is 10.1 Å². The van der Waals surface area contributed by atoms with Crippen LogP contribution in [0.25, 0.3) is 11.0 Å². The van der Waals surface area contributed by atoms with E-state index in [1.165, 1.54) is 0 Å². The van der Waals surface area contributed by atoms with Crippen molar-refractivity contribution in [3.63, 3.8) is 0 Å². The lowest BCUT2D eigenvalue weighted by Crippen LogP contribution is -2.14. The van der Waals surface area contributed by atoms with Gasteiger partial charge in [0.1, 0.15) is 17.9 Å². The molecular formula is C23H20N2O5S. The fourth-order valence-corrected chi connectivity index (χ4v) is 4.00. The summed E-state index contributed by atoms with van der Waals surface area (Å²) in [5.74, 6) is -0.267. The van der Waals surface area contributed by atoms with Crippen LogP contribution in [0.15, 0.2) is 77.5 Å². The molecule has 0 atom stereocenters. The molecule has 158 valence electrons. The molecule has 0 radical (unpaired) electrons. The monoisotopic (exact) mass is 436 g/mol. The number of para-hydroxylation sites is 1. The third-order valence-corrected chi connectivity index (χ3v) is 5.34. The van der Waals surface area contributed by atoms with Gasteiger partial charge in [-0.1, -0.05) is 30.3 Å². The van der Waals surface area contributed by atoms with Crippen molar-refractivity contribution in [1.82, 2.24) is 4.98 Å². The summed E-state index contributed by atoms with van der Waals surface area (Å²) in [6, 6.07) is 17.6. The summed E-state index contributed by atoms with van der Waals surface area (Å²) in [5.41, 5.74) is 2.23. The lowest BCUT2D eigenvalue weighted by Gasteiger charge is -2.09. The van der Waals surface area contributed by atoms with Crippen molar-refractivity contribution in [1.29, 1.82) is 0 Å². The van der Waals surface area contributed by atoms with E-state index in [1.807, 2.05) is 12.1 Å². The van der Waals surface area contributed by atoms with Gasteiger partial charge in [-0.15, -0.1) is 0 Å². The number of anilines is 1. The molecule has 0 saturated heterocycles. The number of carbonyl (C=O) groups is 1. The van der Waals surface area contributed by atoms with Gasteiger partial charge in [-0.3, -0.25) is 9.78 Å². The summed E-state index contributed by atoms with van der Waals surface area (Å²) in [6.07, 6.45) is 4.53. The molecular weight excluding hydrogens is 416 g/mol. The zero-order chi connectivity index (χ0) is 21.8. The van der Waals surface area contributed by atoms with E-state index in [2.05, 4.69) is 10.3 Å². The Kier molecular flexibility index (Phi) is 5.73. The quantitative estimate of drug-likeness (QED) is 0.466. The smallest absolute Gasteiger partial charge is 0.291 e. The number of carbonyl (C=O) groups excluding carboxylic acids is 1. The van der Waals surface area contributed by atoms with Crippen molar-refractivity contribution in [2.45, 2.75) is 12.4 Å². The van der Waals surface area contributed by atoms with E-state index in [0.717, 1.165) is 11.8 Å². The molecule has 1 amide bonds. The second-order valence-corrected chi connectivity index (χ2v) is 9.25. The average Bonchev–Trinajstić information content (AvgIpc) is 3.10. The van der Waals surface area contributed by atoms with Crippen molar-refractivity contribution in [2.75, 3.05) is 11.6 Å². The number of sulfone groups is 1. The molecule has 8 heteroatoms. The maximum absolute atomic E-state index is 12.9. The number of hydrogen-bond acceptors (Lipinski definition) is 6. The molecule has 4 rings (SSSR count). The Balaban J connectivity index is 1.56. The Labute approximate surface area is 179 Å². The Morgan fingerprint density at radius 3 is 2.71 bits per heavy atom. The highest BCUT2D eigenvalue weighted by atomic mass is 32.2. The van der Waals surface area contributed by atoms with Crippen molar-refractivity contribution in [3.05, 3.63) is 89.9 Å². The van der Waals surface area contributed by atoms with Gasteiger partial charge >= 0.3 is 0 Å². The standard InChI is InChI=1S/C23H20N2O5S/c1-31(27,28)15-20-19-9-2-3-10-21(19)30-22(20)23(26)25-17-7-4-8-18(12-17)29-14-16-6-5-11-24-13-16/h2-13H,14-15H2,1H3,(H,25,26). The third kappa shape index (κ3) is 5.10. The number of fused-ring (bicyclic) bond motifs is 1. The lowest BCUT2D eigenvalue weighted by molar-refractivity contribution is 0.0998. The van der Waals surface area contributed by atoms with Crippen molar-refractivity contribution in [3.8, 4) is 5.75 Å². The van der Waals surface area contributed by atoms with Crippen LogP contribution in [0.3, 0.4) is 0 Å². The van der Waals surface area contributed by atoms with Gasteiger partial charge in [0.25, 0.3) is 5.91 Å². The molecule has 0 aliphatic rings. The summed E-state index contributed by atoms with van der Waals surface area (Å²) in [4.78, 5) is 17.0. The van der Waals surface area contributed by atoms with E-state index in [4.69, 9.17) is 9.15 Å². The Morgan fingerprint density at radius 1 is 1.10 bits per heavy atom. The first-order valence-electron chi connectivity index (χ1n) is 9.50. The van der Waals surface area contributed by atoms with Crippen molar-refractivity contribution < 1.29 is 22.4 Å². The highest BCUT2D eigenvalue weighted by Crippen LogP contribution is 2.28. The average molecular weight is 436 g/mol. The molecule has 4 aromatic rings. The van der Waals surface area contributed by atoms with Gasteiger partial charge in [0, 0.05) is 46.9 Å². The maximum Gasteiger partial charge on any atom is 0.291 e. The molecule has 0 spiro atoms. The number of nitrogens with one attached hydrogen (secondary N) is 1. The number of amides is 1. The minimum atomic E-state index is -3.37. The van der Waals surface area contributed by atoms with Gasteiger partial charge in [0.15, 0.2) is 15.6 Å². The topological polar surface area (TPSA) is 98.5 Å². The highest BCUT2D eigenvalue weighted by molar-refractivity contribution is 7.89. The second kappa shape index (κ2) is 8.61. The summed E-state index contributed by atoms with van der Waals surface area (Å²) in [5, 5.41) is 3.37. The molecule has 2 heterocycles. The molecule has 0 fully saturated rings. The van der Waals surface area contributed by atoms with E-state index < -0.39 is 15.7 Å². The molecule has 0 aliphatic carbocycles. The van der Waals surface area contributed by atoms with Gasteiger partial charge < -0.3 is 14.5 Å². The molecule has 0 saturated carbocycles. The maximum atomic E-state index is 12.9. The minimum absolute atomic E-state index is 0.0201. The SMILES string of the molecule is CS(=O)(=O)Cc1c(C(=O)Nc2cccc(OCc3cccnc3)c2)oc2ccccc12. The number of benzene rings is 2. The van der Waals surface area contributed by atoms with Crippen molar-refractivity contribution in [2.24, 2.45) is 0 Å². The Morgan fingerprint density at radius 2 is 1.94 bits per heavy atom. The highest BCUT2D eigenvalue weighted by Gasteiger charge is 2.23. The zero-order valence-corrected chi connectivity index (χ0v) is 17.6. The normalized spacial score (nSPS) is 11.4. The van der Waals surface area contributed by atoms with Gasteiger partial charge in [0.2, 0.25) is 0 Å². The van der Waals surface area contributed by atoms with Crippen LogP contribution in [0.5, 0.6) is 5.75 Å². The van der Waals surface area contributed by atoms with Crippen LogP contribution in [-0.2, 0) is 22.2 Å². The number of hydrogen-bond donors (Lipinski definition) is 1. The summed E-state index contributed by atoms with van der Waals surface area (Å²) >= 11 is 0. The zero-order valence-electron chi connectivity index (χ0n) is 16.7. The van der Waals surface area contributed by atoms with Crippen LogP contribution in [0, 0.1) is 0 Å². The van der Waals surface area contributed by atoms with Gasteiger partial charge in [-0.2, -0.15) is 0 Å². The third-order valence-electron chi connectivity index (χ3n) is 4.53. The number of pyridine rings is 1. The van der Waals surface area contributed by atoms with Crippen LogP contribution >= 0.6 is 0 Å². The first kappa shape index (κ1) is 20.6. The predicted molar refractivity (Wildman–Crippen MR) is 118 cm³/mol. The van der Waals surface area contributed by atoms with Crippen LogP contribution in [0.2, 0.25) is 0 Å². The van der Waals surface area contributed by atoms with Gasteiger partial charge in [-0.25, -0.2) is 8.42 Å². The van der Waals surface area contributed by atoms with E-state index in [-0.39, 0.29) is 11.5 Å². The summed E-state index contributed by atoms with van der Waals surface area (Å²) in [7, 11) is -3.37. The van der Waals surface area contributed by atoms with Crippen molar-refractivity contribution >= 4 is 32.4 Å². The van der Waals surface area contributed by atoms with E-state index >= 15 is 0 Å². The number of furan rings is 1. The first-order chi connectivity index (χ1) is 14.9. The summed E-state index contributed by atoms with van der Waals surface area (Å²) in [6.45, 7) is 0.341. The van der Waals surface area contributed by atoms with E-state index in [9.17, 15) is 13.2 Å². The fraction of sp³-hybridized carbons (Fsp3) is 0.130. The first-order valence-corrected chi connectivity index (χ1v) is 11.6. The second-order valence-electron chi connectivity index (χ2n) is 7.11. The predicted octanol–water partition coefficient (Wildman–Crippen LogP) is 4.20. The fourth-order valence-electron chi connectivity index (χ4n) is 3.19. The molecule has 0 bridgehead atoms. The number of rotatable bonds is 7. The molecule has 1 N–H and O–H groups in total. The number of ether oxygens (including phenoxy) is 1. The van der Waals surface area contributed by atoms with Gasteiger partial charge in [0.05, 0.1) is 5.75 Å². The van der Waals surface area contributed by atoms with Crippen LogP contribution in [0.4, 0.5) is 5.69 Å². The largest absolute Gasteiger partial charge is 0.489 e. The Bertz CT molecular complexity index is 1330. The number of nitrogens with zero attached hydrogens (tertiary/aromatic N) is 1. The molecule has 2 aromatic carbocycles. The minimum Gasteiger partial charge on any atom is -0.489 e. The molecule has 2 aromatic heterocycles. The van der Waals surface area contributed by atoms with E-state index in [1.54, 1.807) is 60.9 Å². The summed E-state index contributed by atoms with van der Waals surface area (Å²) < 4.78 is 35.3. The molecule has 0 unspecified atom stereocenters. The van der Waals surface area contributed by atoms with E-state index in [0.29, 0.717) is 34.6 Å². The molecule has 7 nitrogen and oxygen atoms in total. The van der Waals surface area contributed by atoms with Crippen LogP contribution in [-0.4, -0.2) is 25.6 Å². The lowest BCUT2D eigenvalue weighted by atomic mass is 10.1. The molecule has 31 heavy (non-hydrogen) atoms. The number of aromatic nitrogens is 1. The van der Waals surface area contributed by atoms with Crippen LogP contribution in [0.1, 0.15) is 21.7 Å².